The molecule has 1 aromatic carbocycles. The summed E-state index contributed by atoms with van der Waals surface area (Å²) >= 11 is 0. The van der Waals surface area contributed by atoms with Gasteiger partial charge in [-0.1, -0.05) is 38.1 Å². The van der Waals surface area contributed by atoms with E-state index >= 15 is 0 Å². The van der Waals surface area contributed by atoms with Crippen LogP contribution < -0.4 is 4.90 Å². The number of hydrogen-bond donors (Lipinski definition) is 1. The van der Waals surface area contributed by atoms with Crippen molar-refractivity contribution in [3.63, 3.8) is 0 Å². The Morgan fingerprint density at radius 1 is 1.17 bits per heavy atom. The van der Waals surface area contributed by atoms with Gasteiger partial charge in [0.05, 0.1) is 5.92 Å². The Kier molecular flexibility index (Phi) is 6.26. The number of anilines is 1. The SMILES string of the molecule is C[C@H](C[C@@H](C)C(=O)N1c2ccccc2C[C@H]1C(=O)O)C(=O)OCc1cccnc1. The number of aliphatic carboxylic acids is 1. The van der Waals surface area contributed by atoms with Crippen molar-refractivity contribution in [1.29, 1.82) is 0 Å². The number of fused-ring (bicyclic) bond motifs is 1. The van der Waals surface area contributed by atoms with Crippen LogP contribution in [0.2, 0.25) is 0 Å². The molecule has 0 spiro atoms. The number of nitrogens with zero attached hydrogens (tertiary/aromatic N) is 2. The highest BCUT2D eigenvalue weighted by Gasteiger charge is 2.40. The highest BCUT2D eigenvalue weighted by Crippen LogP contribution is 2.34. The number of para-hydroxylation sites is 1. The van der Waals surface area contributed by atoms with Crippen molar-refractivity contribution in [1.82, 2.24) is 4.98 Å². The summed E-state index contributed by atoms with van der Waals surface area (Å²) in [5, 5.41) is 9.56. The molecule has 1 aromatic heterocycles. The first-order chi connectivity index (χ1) is 13.9. The maximum Gasteiger partial charge on any atom is 0.327 e. The zero-order chi connectivity index (χ0) is 21.0. The minimum Gasteiger partial charge on any atom is -0.480 e. The van der Waals surface area contributed by atoms with E-state index in [1.165, 1.54) is 4.90 Å². The number of ether oxygens (including phenoxy) is 1. The van der Waals surface area contributed by atoms with E-state index in [0.29, 0.717) is 5.69 Å². The number of aromatic nitrogens is 1. The zero-order valence-corrected chi connectivity index (χ0v) is 16.4. The Balaban J connectivity index is 1.63. The molecule has 0 saturated heterocycles. The van der Waals surface area contributed by atoms with Crippen LogP contribution in [0.3, 0.4) is 0 Å². The smallest absolute Gasteiger partial charge is 0.327 e. The second-order valence-electron chi connectivity index (χ2n) is 7.40. The summed E-state index contributed by atoms with van der Waals surface area (Å²) in [4.78, 5) is 42.4. The molecule has 0 aliphatic carbocycles. The van der Waals surface area contributed by atoms with Crippen molar-refractivity contribution < 1.29 is 24.2 Å². The van der Waals surface area contributed by atoms with Crippen molar-refractivity contribution in [2.75, 3.05) is 4.90 Å². The lowest BCUT2D eigenvalue weighted by Gasteiger charge is -2.26. The van der Waals surface area contributed by atoms with Gasteiger partial charge in [0.25, 0.3) is 0 Å². The van der Waals surface area contributed by atoms with Gasteiger partial charge < -0.3 is 9.84 Å². The van der Waals surface area contributed by atoms with Gasteiger partial charge in [-0.05, 0) is 24.1 Å². The fourth-order valence-corrected chi connectivity index (χ4v) is 3.60. The van der Waals surface area contributed by atoms with Crippen LogP contribution in [0.4, 0.5) is 5.69 Å². The summed E-state index contributed by atoms with van der Waals surface area (Å²) in [6.45, 7) is 3.55. The Hall–Kier alpha value is -3.22. The van der Waals surface area contributed by atoms with Gasteiger partial charge >= 0.3 is 11.9 Å². The molecule has 7 nitrogen and oxygen atoms in total. The van der Waals surface area contributed by atoms with Gasteiger partial charge in [0.1, 0.15) is 12.6 Å². The Morgan fingerprint density at radius 2 is 1.93 bits per heavy atom. The molecule has 29 heavy (non-hydrogen) atoms. The standard InChI is InChI=1S/C22H24N2O5/c1-14(10-15(2)22(28)29-13-16-6-5-9-23-12-16)20(25)24-18-8-4-3-7-17(18)11-19(24)21(26)27/h3-9,12,14-15,19H,10-11,13H2,1-2H3,(H,26,27)/t14-,15-,19+/m1/s1. The van der Waals surface area contributed by atoms with E-state index < -0.39 is 29.8 Å². The predicted molar refractivity (Wildman–Crippen MR) is 106 cm³/mol. The number of pyridine rings is 1. The number of amides is 1. The van der Waals surface area contributed by atoms with Crippen LogP contribution in [-0.2, 0) is 32.1 Å². The van der Waals surface area contributed by atoms with Gasteiger partial charge in [-0.2, -0.15) is 0 Å². The van der Waals surface area contributed by atoms with Crippen molar-refractivity contribution in [3.05, 3.63) is 59.9 Å². The minimum absolute atomic E-state index is 0.125. The van der Waals surface area contributed by atoms with Crippen LogP contribution in [-0.4, -0.2) is 34.0 Å². The number of carboxylic acid groups (broad SMARTS) is 1. The maximum absolute atomic E-state index is 13.1. The minimum atomic E-state index is -1.04. The molecule has 3 rings (SSSR count). The third-order valence-electron chi connectivity index (χ3n) is 5.13. The monoisotopic (exact) mass is 396 g/mol. The highest BCUT2D eigenvalue weighted by molar-refractivity contribution is 6.03. The lowest BCUT2D eigenvalue weighted by molar-refractivity contribution is -0.150. The molecule has 0 unspecified atom stereocenters. The third-order valence-corrected chi connectivity index (χ3v) is 5.13. The van der Waals surface area contributed by atoms with Crippen molar-refractivity contribution in [2.24, 2.45) is 11.8 Å². The quantitative estimate of drug-likeness (QED) is 0.723. The molecule has 1 aliphatic heterocycles. The molecule has 3 atom stereocenters. The maximum atomic E-state index is 13.1. The number of benzene rings is 1. The van der Waals surface area contributed by atoms with Crippen molar-refractivity contribution >= 4 is 23.5 Å². The number of carboxylic acids is 1. The number of carbonyl (C=O) groups excluding carboxylic acids is 2. The Labute approximate surface area is 169 Å². The van der Waals surface area contributed by atoms with E-state index in [9.17, 15) is 19.5 Å². The molecule has 0 bridgehead atoms. The first-order valence-corrected chi connectivity index (χ1v) is 9.57. The number of esters is 1. The summed E-state index contributed by atoms with van der Waals surface area (Å²) in [6, 6.07) is 9.86. The van der Waals surface area contributed by atoms with Crippen LogP contribution in [0, 0.1) is 11.8 Å². The largest absolute Gasteiger partial charge is 0.480 e. The normalized spacial score (nSPS) is 17.3. The summed E-state index contributed by atoms with van der Waals surface area (Å²) in [5.74, 6) is -2.75. The average molecular weight is 396 g/mol. The molecule has 1 aliphatic rings. The first-order valence-electron chi connectivity index (χ1n) is 9.57. The average Bonchev–Trinajstić information content (AvgIpc) is 3.12. The molecule has 2 aromatic rings. The molecule has 0 radical (unpaired) electrons. The fraction of sp³-hybridized carbons (Fsp3) is 0.364. The van der Waals surface area contributed by atoms with Crippen LogP contribution in [0.25, 0.3) is 0 Å². The van der Waals surface area contributed by atoms with Crippen LogP contribution in [0.5, 0.6) is 0 Å². The second kappa shape index (κ2) is 8.86. The molecule has 152 valence electrons. The molecule has 0 fully saturated rings. The van der Waals surface area contributed by atoms with Crippen LogP contribution in [0.1, 0.15) is 31.4 Å². The van der Waals surface area contributed by atoms with Gasteiger partial charge in [0, 0.05) is 36.0 Å². The van der Waals surface area contributed by atoms with E-state index in [4.69, 9.17) is 4.74 Å². The van der Waals surface area contributed by atoms with Gasteiger partial charge in [-0.15, -0.1) is 0 Å². The molecule has 7 heteroatoms. The highest BCUT2D eigenvalue weighted by atomic mass is 16.5. The van der Waals surface area contributed by atoms with E-state index in [0.717, 1.165) is 11.1 Å². The summed E-state index contributed by atoms with van der Waals surface area (Å²) in [5.41, 5.74) is 2.25. The molecule has 1 amide bonds. The van der Waals surface area contributed by atoms with Gasteiger partial charge in [-0.3, -0.25) is 19.5 Å². The lowest BCUT2D eigenvalue weighted by atomic mass is 9.95. The third kappa shape index (κ3) is 4.62. The molecular formula is C22H24N2O5. The summed E-state index contributed by atoms with van der Waals surface area (Å²) in [7, 11) is 0. The predicted octanol–water partition coefficient (Wildman–Crippen LogP) is 2.83. The molecular weight excluding hydrogens is 372 g/mol. The molecule has 2 heterocycles. The Bertz CT molecular complexity index is 899. The number of rotatable bonds is 7. The van der Waals surface area contributed by atoms with Gasteiger partial charge in [-0.25, -0.2) is 4.79 Å². The van der Waals surface area contributed by atoms with Crippen molar-refractivity contribution in [3.8, 4) is 0 Å². The summed E-state index contributed by atoms with van der Waals surface area (Å²) < 4.78 is 5.31. The van der Waals surface area contributed by atoms with Gasteiger partial charge in [0.2, 0.25) is 5.91 Å². The van der Waals surface area contributed by atoms with Crippen LogP contribution in [0.15, 0.2) is 48.8 Å². The lowest BCUT2D eigenvalue weighted by Crippen LogP contribution is -2.45. The number of carbonyl (C=O) groups is 3. The Morgan fingerprint density at radius 3 is 2.62 bits per heavy atom. The molecule has 0 saturated carbocycles. The topological polar surface area (TPSA) is 96.8 Å². The van der Waals surface area contributed by atoms with E-state index in [1.54, 1.807) is 44.4 Å². The fourth-order valence-electron chi connectivity index (χ4n) is 3.60. The molecule has 1 N–H and O–H groups in total. The van der Waals surface area contributed by atoms with Gasteiger partial charge in [0.15, 0.2) is 0 Å². The number of hydrogen-bond acceptors (Lipinski definition) is 5. The zero-order valence-electron chi connectivity index (χ0n) is 16.4. The first kappa shape index (κ1) is 20.5. The summed E-state index contributed by atoms with van der Waals surface area (Å²) in [6.07, 6.45) is 3.82. The van der Waals surface area contributed by atoms with E-state index in [-0.39, 0.29) is 25.4 Å². The second-order valence-corrected chi connectivity index (χ2v) is 7.40. The van der Waals surface area contributed by atoms with E-state index in [2.05, 4.69) is 4.98 Å². The van der Waals surface area contributed by atoms with Crippen molar-refractivity contribution in [2.45, 2.75) is 39.3 Å². The van der Waals surface area contributed by atoms with Crippen LogP contribution >= 0.6 is 0 Å². The van der Waals surface area contributed by atoms with E-state index in [1.807, 2.05) is 18.2 Å².